The second-order valence-electron chi connectivity index (χ2n) is 8.96. The fourth-order valence-electron chi connectivity index (χ4n) is 4.50. The molecule has 3 aromatic heterocycles. The predicted molar refractivity (Wildman–Crippen MR) is 136 cm³/mol. The Bertz CT molecular complexity index is 1360. The molecule has 1 aliphatic heterocycles. The van der Waals surface area contributed by atoms with Crippen molar-refractivity contribution < 1.29 is 9.18 Å². The summed E-state index contributed by atoms with van der Waals surface area (Å²) in [5.41, 5.74) is 12.2. The molecule has 4 heterocycles. The van der Waals surface area contributed by atoms with Gasteiger partial charge >= 0.3 is 0 Å². The third kappa shape index (κ3) is 4.61. The van der Waals surface area contributed by atoms with Crippen LogP contribution in [-0.2, 0) is 11.3 Å². The molecular formula is C25H27BFN7O. The number of pyridine rings is 1. The Morgan fingerprint density at radius 2 is 1.86 bits per heavy atom. The van der Waals surface area contributed by atoms with Crippen molar-refractivity contribution in [2.75, 3.05) is 18.8 Å². The average Bonchev–Trinajstić information content (AvgIpc) is 3.30. The Kier molecular flexibility index (Phi) is 6.21. The smallest absolute Gasteiger partial charge is 0.219 e. The van der Waals surface area contributed by atoms with Crippen molar-refractivity contribution in [3.63, 3.8) is 0 Å². The molecule has 0 spiro atoms. The van der Waals surface area contributed by atoms with Crippen LogP contribution in [0.4, 0.5) is 10.2 Å². The summed E-state index contributed by atoms with van der Waals surface area (Å²) in [5, 5.41) is 8.05. The molecule has 0 atom stereocenters. The number of anilines is 1. The fraction of sp³-hybridized carbons (Fsp3) is 0.280. The number of nitrogens with zero attached hydrogens (tertiary/aromatic N) is 5. The third-order valence-electron chi connectivity index (χ3n) is 6.74. The first-order valence-electron chi connectivity index (χ1n) is 11.7. The lowest BCUT2D eigenvalue weighted by molar-refractivity contribution is -0.129. The van der Waals surface area contributed by atoms with E-state index in [-0.39, 0.29) is 11.7 Å². The molecule has 1 aliphatic rings. The summed E-state index contributed by atoms with van der Waals surface area (Å²) in [6.45, 7) is 3.75. The minimum atomic E-state index is -0.275. The van der Waals surface area contributed by atoms with Gasteiger partial charge in [0.05, 0.1) is 17.6 Å². The number of halogens is 1. The van der Waals surface area contributed by atoms with Crippen LogP contribution >= 0.6 is 0 Å². The Morgan fingerprint density at radius 3 is 2.51 bits per heavy atom. The fourth-order valence-corrected chi connectivity index (χ4v) is 4.50. The summed E-state index contributed by atoms with van der Waals surface area (Å²) < 4.78 is 14.9. The number of amides is 1. The number of hydrogen-bond acceptors (Lipinski definition) is 6. The summed E-state index contributed by atoms with van der Waals surface area (Å²) in [7, 11) is 1.96. The lowest BCUT2D eigenvalue weighted by Crippen LogP contribution is -2.44. The molecule has 3 N–H and O–H groups in total. The van der Waals surface area contributed by atoms with Gasteiger partial charge in [-0.25, -0.2) is 9.37 Å². The molecule has 35 heavy (non-hydrogen) atoms. The monoisotopic (exact) mass is 471 g/mol. The number of benzene rings is 1. The molecule has 1 fully saturated rings. The van der Waals surface area contributed by atoms with Gasteiger partial charge in [-0.2, -0.15) is 9.61 Å². The molecule has 0 bridgehead atoms. The summed E-state index contributed by atoms with van der Waals surface area (Å²) in [6, 6.07) is 10.5. The van der Waals surface area contributed by atoms with Crippen molar-refractivity contribution in [3.8, 4) is 22.4 Å². The molecule has 0 radical (unpaired) electrons. The zero-order valence-electron chi connectivity index (χ0n) is 19.8. The van der Waals surface area contributed by atoms with Crippen LogP contribution in [-0.4, -0.2) is 57.4 Å². The SMILES string of the molecule is Bc1c(CNC2CCN(C(C)=O)CC2)nc2c(-c3ccc(-c4ccc(F)cc4)nc3)cnn2c1N. The van der Waals surface area contributed by atoms with Crippen LogP contribution in [0.5, 0.6) is 0 Å². The normalized spacial score (nSPS) is 14.5. The molecule has 0 unspecified atom stereocenters. The van der Waals surface area contributed by atoms with Crippen LogP contribution in [0.3, 0.4) is 0 Å². The van der Waals surface area contributed by atoms with E-state index >= 15 is 0 Å². The quantitative estimate of drug-likeness (QED) is 0.429. The van der Waals surface area contributed by atoms with E-state index in [0.29, 0.717) is 24.1 Å². The molecule has 0 aliphatic carbocycles. The Hall–Kier alpha value is -3.79. The maximum atomic E-state index is 13.2. The van der Waals surface area contributed by atoms with Gasteiger partial charge in [0.2, 0.25) is 5.91 Å². The second kappa shape index (κ2) is 9.46. The van der Waals surface area contributed by atoms with Crippen LogP contribution in [0.15, 0.2) is 48.8 Å². The summed E-state index contributed by atoms with van der Waals surface area (Å²) in [6.07, 6.45) is 5.36. The van der Waals surface area contributed by atoms with Gasteiger partial charge in [0.1, 0.15) is 19.5 Å². The number of nitrogens with one attached hydrogen (secondary N) is 1. The highest BCUT2D eigenvalue weighted by Gasteiger charge is 2.21. The van der Waals surface area contributed by atoms with Gasteiger partial charge in [0.15, 0.2) is 5.65 Å². The van der Waals surface area contributed by atoms with E-state index in [2.05, 4.69) is 15.4 Å². The van der Waals surface area contributed by atoms with Crippen molar-refractivity contribution >= 4 is 30.7 Å². The number of fused-ring (bicyclic) bond motifs is 1. The first kappa shape index (κ1) is 23.0. The van der Waals surface area contributed by atoms with Crippen molar-refractivity contribution in [1.29, 1.82) is 0 Å². The van der Waals surface area contributed by atoms with E-state index in [1.807, 2.05) is 24.9 Å². The van der Waals surface area contributed by atoms with Crippen molar-refractivity contribution in [3.05, 3.63) is 60.3 Å². The summed E-state index contributed by atoms with van der Waals surface area (Å²) >= 11 is 0. The minimum absolute atomic E-state index is 0.132. The van der Waals surface area contributed by atoms with Crippen LogP contribution < -0.4 is 16.5 Å². The van der Waals surface area contributed by atoms with Gasteiger partial charge in [-0.1, -0.05) is 6.07 Å². The number of carbonyl (C=O) groups is 1. The highest BCUT2D eigenvalue weighted by atomic mass is 19.1. The zero-order valence-corrected chi connectivity index (χ0v) is 19.8. The Balaban J connectivity index is 1.38. The van der Waals surface area contributed by atoms with E-state index < -0.39 is 0 Å². The van der Waals surface area contributed by atoms with Gasteiger partial charge < -0.3 is 16.0 Å². The second-order valence-corrected chi connectivity index (χ2v) is 8.96. The van der Waals surface area contributed by atoms with E-state index in [9.17, 15) is 9.18 Å². The first-order valence-corrected chi connectivity index (χ1v) is 11.7. The first-order chi connectivity index (χ1) is 16.9. The van der Waals surface area contributed by atoms with Crippen molar-refractivity contribution in [2.45, 2.75) is 32.4 Å². The van der Waals surface area contributed by atoms with Gasteiger partial charge in [-0.3, -0.25) is 9.78 Å². The third-order valence-corrected chi connectivity index (χ3v) is 6.74. The molecule has 1 amide bonds. The standard InChI is InChI=1S/C25H27BFN7O/c1-15(35)33-10-8-19(9-11-33)29-14-22-23(26)24(28)34-25(32-22)20(13-31-34)17-4-7-21(30-12-17)16-2-5-18(27)6-3-16/h2-7,12-13,19,29H,8-11,14,26,28H2,1H3. The molecule has 5 rings (SSSR count). The number of aromatic nitrogens is 4. The van der Waals surface area contributed by atoms with Gasteiger partial charge in [-0.15, -0.1) is 0 Å². The van der Waals surface area contributed by atoms with Gasteiger partial charge in [-0.05, 0) is 48.6 Å². The van der Waals surface area contributed by atoms with Gasteiger partial charge in [0, 0.05) is 55.5 Å². The highest BCUT2D eigenvalue weighted by molar-refractivity contribution is 6.36. The van der Waals surface area contributed by atoms with Crippen LogP contribution in [0.1, 0.15) is 25.5 Å². The summed E-state index contributed by atoms with van der Waals surface area (Å²) in [4.78, 5) is 22.9. The largest absolute Gasteiger partial charge is 0.384 e. The van der Waals surface area contributed by atoms with E-state index in [0.717, 1.165) is 59.5 Å². The van der Waals surface area contributed by atoms with Crippen LogP contribution in [0.25, 0.3) is 28.0 Å². The predicted octanol–water partition coefficient (Wildman–Crippen LogP) is 1.54. The average molecular weight is 471 g/mol. The lowest BCUT2D eigenvalue weighted by atomic mass is 9.93. The number of carbonyl (C=O) groups excluding carboxylic acids is 1. The molecule has 8 nitrogen and oxygen atoms in total. The van der Waals surface area contributed by atoms with E-state index in [1.165, 1.54) is 12.1 Å². The lowest BCUT2D eigenvalue weighted by Gasteiger charge is -2.31. The highest BCUT2D eigenvalue weighted by Crippen LogP contribution is 2.26. The minimum Gasteiger partial charge on any atom is -0.384 e. The van der Waals surface area contributed by atoms with Gasteiger partial charge in [0.25, 0.3) is 0 Å². The van der Waals surface area contributed by atoms with Crippen molar-refractivity contribution in [1.82, 2.24) is 29.8 Å². The topological polar surface area (TPSA) is 101 Å². The molecule has 4 aromatic rings. The maximum Gasteiger partial charge on any atom is 0.219 e. The molecule has 178 valence electrons. The number of nitrogens with two attached hydrogens (primary N) is 1. The van der Waals surface area contributed by atoms with Crippen LogP contribution in [0, 0.1) is 5.82 Å². The molecule has 1 saturated heterocycles. The number of hydrogen-bond donors (Lipinski definition) is 2. The number of likely N-dealkylation sites (tertiary alicyclic amines) is 1. The number of piperidine rings is 1. The van der Waals surface area contributed by atoms with E-state index in [4.69, 9.17) is 10.7 Å². The molecule has 0 saturated carbocycles. The molecule has 1 aromatic carbocycles. The number of nitrogen functional groups attached to an aromatic ring is 1. The zero-order chi connectivity index (χ0) is 24.5. The Morgan fingerprint density at radius 1 is 1.14 bits per heavy atom. The van der Waals surface area contributed by atoms with Crippen LogP contribution in [0.2, 0.25) is 0 Å². The molecular weight excluding hydrogens is 444 g/mol. The van der Waals surface area contributed by atoms with Crippen molar-refractivity contribution in [2.24, 2.45) is 0 Å². The maximum absolute atomic E-state index is 13.2. The molecule has 10 heteroatoms. The number of rotatable bonds is 5. The van der Waals surface area contributed by atoms with E-state index in [1.54, 1.807) is 36.0 Å². The summed E-state index contributed by atoms with van der Waals surface area (Å²) in [5.74, 6) is 0.412. The Labute approximate surface area is 203 Å².